The highest BCUT2D eigenvalue weighted by atomic mass is 32.2. The van der Waals surface area contributed by atoms with Crippen LogP contribution in [0.2, 0.25) is 0 Å². The van der Waals surface area contributed by atoms with Gasteiger partial charge in [-0.15, -0.1) is 23.5 Å². The number of nitrogens with zero attached hydrogens (tertiary/aromatic N) is 1. The van der Waals surface area contributed by atoms with Crippen molar-refractivity contribution < 1.29 is 5.21 Å². The molecule has 0 amide bonds. The summed E-state index contributed by atoms with van der Waals surface area (Å²) in [6.07, 6.45) is 2.43. The molecule has 66 valence electrons. The van der Waals surface area contributed by atoms with Crippen molar-refractivity contribution in [2.45, 2.75) is 16.9 Å². The van der Waals surface area contributed by atoms with E-state index in [1.54, 1.807) is 0 Å². The van der Waals surface area contributed by atoms with E-state index in [1.807, 2.05) is 23.5 Å². The van der Waals surface area contributed by atoms with Gasteiger partial charge in [0.2, 0.25) is 0 Å². The molecular formula is C8H11NOS2. The Morgan fingerprint density at radius 2 is 2.17 bits per heavy atom. The molecule has 3 aliphatic rings. The highest BCUT2D eigenvalue weighted by Crippen LogP contribution is 2.67. The minimum absolute atomic E-state index is 0.222. The van der Waals surface area contributed by atoms with Gasteiger partial charge >= 0.3 is 0 Å². The monoisotopic (exact) mass is 201 g/mol. The van der Waals surface area contributed by atoms with Gasteiger partial charge in [-0.2, -0.15) is 0 Å². The third-order valence-corrected chi connectivity index (χ3v) is 6.82. The molecule has 4 heteroatoms. The molecule has 3 fully saturated rings. The van der Waals surface area contributed by atoms with E-state index in [0.717, 1.165) is 24.0 Å². The molecule has 1 aliphatic heterocycles. The van der Waals surface area contributed by atoms with Crippen LogP contribution in [-0.4, -0.2) is 26.5 Å². The van der Waals surface area contributed by atoms with E-state index in [9.17, 15) is 0 Å². The molecule has 3 rings (SSSR count). The van der Waals surface area contributed by atoms with Crippen molar-refractivity contribution in [3.63, 3.8) is 0 Å². The van der Waals surface area contributed by atoms with Gasteiger partial charge < -0.3 is 5.21 Å². The first-order valence-corrected chi connectivity index (χ1v) is 6.33. The zero-order chi connectivity index (χ0) is 8.18. The zero-order valence-electron chi connectivity index (χ0n) is 6.69. The second kappa shape index (κ2) is 2.35. The number of hydrogen-bond donors (Lipinski definition) is 1. The molecule has 1 saturated heterocycles. The Labute approximate surface area is 80.2 Å². The minimum atomic E-state index is 0.222. The summed E-state index contributed by atoms with van der Waals surface area (Å²) in [6, 6.07) is 0. The molecule has 0 radical (unpaired) electrons. The first kappa shape index (κ1) is 7.56. The lowest BCUT2D eigenvalue weighted by Crippen LogP contribution is -2.27. The van der Waals surface area contributed by atoms with Gasteiger partial charge in [0, 0.05) is 11.5 Å². The summed E-state index contributed by atoms with van der Waals surface area (Å²) in [4.78, 5) is 0. The van der Waals surface area contributed by atoms with E-state index in [1.165, 1.54) is 17.9 Å². The molecule has 2 atom stereocenters. The Morgan fingerprint density at radius 1 is 1.42 bits per heavy atom. The lowest BCUT2D eigenvalue weighted by atomic mass is 10.2. The summed E-state index contributed by atoms with van der Waals surface area (Å²) in [7, 11) is 0. The molecule has 0 aromatic rings. The van der Waals surface area contributed by atoms with E-state index in [0.29, 0.717) is 0 Å². The van der Waals surface area contributed by atoms with Crippen LogP contribution in [-0.2, 0) is 0 Å². The maximum atomic E-state index is 8.89. The van der Waals surface area contributed by atoms with Crippen molar-refractivity contribution in [2.75, 3.05) is 11.5 Å². The fourth-order valence-electron chi connectivity index (χ4n) is 2.46. The van der Waals surface area contributed by atoms with Crippen LogP contribution < -0.4 is 0 Å². The maximum absolute atomic E-state index is 8.89. The highest BCUT2D eigenvalue weighted by Gasteiger charge is 2.64. The molecule has 2 unspecified atom stereocenters. The summed E-state index contributed by atoms with van der Waals surface area (Å²) >= 11 is 4.01. The first-order chi connectivity index (χ1) is 5.87. The molecule has 2 aliphatic carbocycles. The van der Waals surface area contributed by atoms with Gasteiger partial charge in [0.1, 0.15) is 4.08 Å². The summed E-state index contributed by atoms with van der Waals surface area (Å²) in [5.41, 5.74) is 1.07. The van der Waals surface area contributed by atoms with Crippen molar-refractivity contribution in [2.24, 2.45) is 17.0 Å². The van der Waals surface area contributed by atoms with Crippen molar-refractivity contribution >= 4 is 29.2 Å². The van der Waals surface area contributed by atoms with Gasteiger partial charge in [-0.25, -0.2) is 0 Å². The lowest BCUT2D eigenvalue weighted by Gasteiger charge is -2.23. The van der Waals surface area contributed by atoms with Crippen LogP contribution in [0, 0.1) is 11.8 Å². The Morgan fingerprint density at radius 3 is 2.83 bits per heavy atom. The van der Waals surface area contributed by atoms with Crippen LogP contribution in [0.4, 0.5) is 0 Å². The molecule has 1 spiro atoms. The van der Waals surface area contributed by atoms with Gasteiger partial charge in [0.25, 0.3) is 0 Å². The van der Waals surface area contributed by atoms with Crippen molar-refractivity contribution in [3.8, 4) is 0 Å². The SMILES string of the molecule is O/N=C1/CC2CC2C12SCCS2. The van der Waals surface area contributed by atoms with Crippen LogP contribution in [0.5, 0.6) is 0 Å². The average molecular weight is 201 g/mol. The quantitative estimate of drug-likeness (QED) is 0.481. The Balaban J connectivity index is 1.98. The van der Waals surface area contributed by atoms with Crippen LogP contribution in [0.1, 0.15) is 12.8 Å². The van der Waals surface area contributed by atoms with Crippen LogP contribution >= 0.6 is 23.5 Å². The van der Waals surface area contributed by atoms with Crippen molar-refractivity contribution in [3.05, 3.63) is 0 Å². The van der Waals surface area contributed by atoms with Gasteiger partial charge in [-0.3, -0.25) is 0 Å². The lowest BCUT2D eigenvalue weighted by molar-refractivity contribution is 0.316. The Bertz CT molecular complexity index is 247. The summed E-state index contributed by atoms with van der Waals surface area (Å²) in [5.74, 6) is 4.15. The van der Waals surface area contributed by atoms with Gasteiger partial charge in [-0.1, -0.05) is 5.16 Å². The smallest absolute Gasteiger partial charge is 0.106 e. The van der Waals surface area contributed by atoms with Crippen molar-refractivity contribution in [1.82, 2.24) is 0 Å². The van der Waals surface area contributed by atoms with E-state index < -0.39 is 0 Å². The number of fused-ring (bicyclic) bond motifs is 2. The number of thioether (sulfide) groups is 2. The second-order valence-electron chi connectivity index (χ2n) is 3.72. The summed E-state index contributed by atoms with van der Waals surface area (Å²) in [6.45, 7) is 0. The molecule has 0 aromatic carbocycles. The van der Waals surface area contributed by atoms with Crippen LogP contribution in [0.3, 0.4) is 0 Å². The fourth-order valence-corrected chi connectivity index (χ4v) is 6.16. The van der Waals surface area contributed by atoms with Gasteiger partial charge in [0.05, 0.1) is 5.71 Å². The van der Waals surface area contributed by atoms with Crippen LogP contribution in [0.25, 0.3) is 0 Å². The van der Waals surface area contributed by atoms with E-state index >= 15 is 0 Å². The summed E-state index contributed by atoms with van der Waals surface area (Å²) in [5, 5.41) is 12.4. The van der Waals surface area contributed by atoms with Crippen LogP contribution in [0.15, 0.2) is 5.16 Å². The predicted octanol–water partition coefficient (Wildman–Crippen LogP) is 2.03. The number of rotatable bonds is 0. The third kappa shape index (κ3) is 0.777. The number of oxime groups is 1. The molecule has 0 bridgehead atoms. The molecule has 2 saturated carbocycles. The molecular weight excluding hydrogens is 190 g/mol. The van der Waals surface area contributed by atoms with Crippen molar-refractivity contribution in [1.29, 1.82) is 0 Å². The molecule has 2 nitrogen and oxygen atoms in total. The minimum Gasteiger partial charge on any atom is -0.411 e. The first-order valence-electron chi connectivity index (χ1n) is 4.36. The van der Waals surface area contributed by atoms with Gasteiger partial charge in [0.15, 0.2) is 0 Å². The average Bonchev–Trinajstić information content (AvgIpc) is 2.60. The maximum Gasteiger partial charge on any atom is 0.106 e. The van der Waals surface area contributed by atoms with Gasteiger partial charge in [-0.05, 0) is 24.7 Å². The Hall–Kier alpha value is 0.170. The standard InChI is InChI=1S/C8H11NOS2/c10-9-7-4-5-3-6(5)8(7)11-1-2-12-8/h5-6,10H,1-4H2/b9-7-. The molecule has 1 N–H and O–H groups in total. The van der Waals surface area contributed by atoms with E-state index in [4.69, 9.17) is 5.21 Å². The topological polar surface area (TPSA) is 32.6 Å². The summed E-state index contributed by atoms with van der Waals surface area (Å²) < 4.78 is 0.222. The predicted molar refractivity (Wildman–Crippen MR) is 53.1 cm³/mol. The molecule has 1 heterocycles. The second-order valence-corrected chi connectivity index (χ2v) is 6.66. The Kier molecular flexibility index (Phi) is 1.48. The molecule has 0 aromatic heterocycles. The fraction of sp³-hybridized carbons (Fsp3) is 0.875. The third-order valence-electron chi connectivity index (χ3n) is 3.11. The van der Waals surface area contributed by atoms with E-state index in [-0.39, 0.29) is 4.08 Å². The highest BCUT2D eigenvalue weighted by molar-refractivity contribution is 8.22. The largest absolute Gasteiger partial charge is 0.411 e. The molecule has 12 heavy (non-hydrogen) atoms. The zero-order valence-corrected chi connectivity index (χ0v) is 8.33. The normalized spacial score (nSPS) is 45.5. The van der Waals surface area contributed by atoms with E-state index in [2.05, 4.69) is 5.16 Å². The number of hydrogen-bond acceptors (Lipinski definition) is 4.